The monoisotopic (exact) mass is 316 g/mol. The minimum absolute atomic E-state index is 0.0739. The third kappa shape index (κ3) is 2.83. The molecule has 1 heterocycles. The molecule has 120 valence electrons. The lowest BCUT2D eigenvalue weighted by Gasteiger charge is -2.20. The predicted octanol–water partition coefficient (Wildman–Crippen LogP) is 4.67. The summed E-state index contributed by atoms with van der Waals surface area (Å²) in [5, 5.41) is 9.53. The summed E-state index contributed by atoms with van der Waals surface area (Å²) in [5.41, 5.74) is 5.48. The van der Waals surface area contributed by atoms with E-state index in [1.165, 1.54) is 5.56 Å². The third-order valence-electron chi connectivity index (χ3n) is 4.34. The van der Waals surface area contributed by atoms with Gasteiger partial charge in [0.2, 0.25) is 0 Å². The van der Waals surface area contributed by atoms with E-state index in [1.54, 1.807) is 24.3 Å². The molecular formula is C21H20N2O. The van der Waals surface area contributed by atoms with Crippen LogP contribution in [0.4, 0.5) is 0 Å². The van der Waals surface area contributed by atoms with Crippen LogP contribution in [0.5, 0.6) is 0 Å². The van der Waals surface area contributed by atoms with Crippen LogP contribution in [0, 0.1) is 18.3 Å². The summed E-state index contributed by atoms with van der Waals surface area (Å²) >= 11 is 0. The average molecular weight is 316 g/mol. The highest BCUT2D eigenvalue weighted by atomic mass is 16.1. The second-order valence-electron chi connectivity index (χ2n) is 7.20. The summed E-state index contributed by atoms with van der Waals surface area (Å²) in [6.45, 7) is 8.62. The SMILES string of the molecule is Cc1cc(C(C)(C)C)ccc1-c1cc(=O)c2cc(C#N)ccc2[nH]1. The van der Waals surface area contributed by atoms with Gasteiger partial charge in [0.15, 0.2) is 5.43 Å². The fourth-order valence-corrected chi connectivity index (χ4v) is 2.89. The van der Waals surface area contributed by atoms with E-state index < -0.39 is 0 Å². The highest BCUT2D eigenvalue weighted by Gasteiger charge is 2.15. The van der Waals surface area contributed by atoms with E-state index in [4.69, 9.17) is 5.26 Å². The lowest BCUT2D eigenvalue weighted by molar-refractivity contribution is 0.590. The Morgan fingerprint density at radius 2 is 1.79 bits per heavy atom. The molecule has 0 fully saturated rings. The fourth-order valence-electron chi connectivity index (χ4n) is 2.89. The highest BCUT2D eigenvalue weighted by Crippen LogP contribution is 2.28. The van der Waals surface area contributed by atoms with Crippen LogP contribution in [0.1, 0.15) is 37.5 Å². The van der Waals surface area contributed by atoms with Crippen LogP contribution in [0.3, 0.4) is 0 Å². The van der Waals surface area contributed by atoms with E-state index in [0.717, 1.165) is 22.3 Å². The summed E-state index contributed by atoms with van der Waals surface area (Å²) < 4.78 is 0. The number of pyridine rings is 1. The van der Waals surface area contributed by atoms with E-state index in [2.05, 4.69) is 56.9 Å². The van der Waals surface area contributed by atoms with Crippen LogP contribution in [-0.4, -0.2) is 4.98 Å². The van der Waals surface area contributed by atoms with Crippen LogP contribution in [0.25, 0.3) is 22.2 Å². The van der Waals surface area contributed by atoms with Crippen molar-refractivity contribution in [2.24, 2.45) is 0 Å². The molecule has 0 amide bonds. The molecule has 0 saturated carbocycles. The van der Waals surface area contributed by atoms with Gasteiger partial charge in [0, 0.05) is 28.2 Å². The van der Waals surface area contributed by atoms with Gasteiger partial charge in [-0.3, -0.25) is 4.79 Å². The van der Waals surface area contributed by atoms with Crippen molar-refractivity contribution in [2.75, 3.05) is 0 Å². The van der Waals surface area contributed by atoms with E-state index in [1.807, 2.05) is 0 Å². The second kappa shape index (κ2) is 5.65. The van der Waals surface area contributed by atoms with Gasteiger partial charge in [-0.2, -0.15) is 5.26 Å². The van der Waals surface area contributed by atoms with E-state index in [-0.39, 0.29) is 10.8 Å². The van der Waals surface area contributed by atoms with Crippen LogP contribution in [0.15, 0.2) is 47.3 Å². The average Bonchev–Trinajstić information content (AvgIpc) is 2.53. The number of H-pyrrole nitrogens is 1. The number of aromatic nitrogens is 1. The Bertz CT molecular complexity index is 1030. The Labute approximate surface area is 141 Å². The summed E-state index contributed by atoms with van der Waals surface area (Å²) in [5.74, 6) is 0. The first-order valence-corrected chi connectivity index (χ1v) is 7.98. The molecule has 2 aromatic carbocycles. The molecule has 0 radical (unpaired) electrons. The first-order valence-electron chi connectivity index (χ1n) is 7.98. The molecule has 24 heavy (non-hydrogen) atoms. The Hall–Kier alpha value is -2.86. The van der Waals surface area contributed by atoms with Gasteiger partial charge in [-0.15, -0.1) is 0 Å². The van der Waals surface area contributed by atoms with Crippen LogP contribution < -0.4 is 5.43 Å². The molecule has 3 aromatic rings. The number of nitrogens with zero attached hydrogens (tertiary/aromatic N) is 1. The molecule has 0 unspecified atom stereocenters. The maximum Gasteiger partial charge on any atom is 0.190 e. The quantitative estimate of drug-likeness (QED) is 0.709. The highest BCUT2D eigenvalue weighted by molar-refractivity contribution is 5.83. The van der Waals surface area contributed by atoms with E-state index in [0.29, 0.717) is 10.9 Å². The Morgan fingerprint density at radius 3 is 2.42 bits per heavy atom. The summed E-state index contributed by atoms with van der Waals surface area (Å²) in [6.07, 6.45) is 0. The van der Waals surface area contributed by atoms with Crippen LogP contribution >= 0.6 is 0 Å². The van der Waals surface area contributed by atoms with Gasteiger partial charge < -0.3 is 4.98 Å². The molecule has 1 aromatic heterocycles. The third-order valence-corrected chi connectivity index (χ3v) is 4.34. The molecule has 3 rings (SSSR count). The predicted molar refractivity (Wildman–Crippen MR) is 98.2 cm³/mol. The molecule has 0 aliphatic rings. The summed E-state index contributed by atoms with van der Waals surface area (Å²) in [6, 6.07) is 15.2. The first kappa shape index (κ1) is 16.0. The summed E-state index contributed by atoms with van der Waals surface area (Å²) in [7, 11) is 0. The molecule has 3 nitrogen and oxygen atoms in total. The molecule has 0 bridgehead atoms. The lowest BCUT2D eigenvalue weighted by atomic mass is 9.85. The Balaban J connectivity index is 2.17. The number of benzene rings is 2. The van der Waals surface area contributed by atoms with Crippen molar-refractivity contribution in [3.05, 3.63) is 69.4 Å². The maximum absolute atomic E-state index is 12.4. The number of aryl methyl sites for hydroxylation is 1. The fraction of sp³-hybridized carbons (Fsp3) is 0.238. The number of rotatable bonds is 1. The van der Waals surface area contributed by atoms with Gasteiger partial charge >= 0.3 is 0 Å². The Morgan fingerprint density at radius 1 is 1.04 bits per heavy atom. The van der Waals surface area contributed by atoms with Crippen molar-refractivity contribution < 1.29 is 0 Å². The number of nitriles is 1. The van der Waals surface area contributed by atoms with Crippen molar-refractivity contribution in [3.63, 3.8) is 0 Å². The lowest BCUT2D eigenvalue weighted by Crippen LogP contribution is -2.11. The molecule has 0 aliphatic heterocycles. The molecule has 3 heteroatoms. The maximum atomic E-state index is 12.4. The van der Waals surface area contributed by atoms with Gasteiger partial charge in [-0.05, 0) is 41.7 Å². The number of aromatic amines is 1. The normalized spacial score (nSPS) is 11.5. The Kier molecular flexibility index (Phi) is 3.77. The molecule has 0 spiro atoms. The van der Waals surface area contributed by atoms with Crippen LogP contribution in [-0.2, 0) is 5.41 Å². The molecule has 1 N–H and O–H groups in total. The largest absolute Gasteiger partial charge is 0.354 e. The first-order chi connectivity index (χ1) is 11.3. The van der Waals surface area contributed by atoms with Gasteiger partial charge in [-0.25, -0.2) is 0 Å². The molecular weight excluding hydrogens is 296 g/mol. The van der Waals surface area contributed by atoms with Crippen molar-refractivity contribution in [1.82, 2.24) is 4.98 Å². The smallest absolute Gasteiger partial charge is 0.190 e. The zero-order chi connectivity index (χ0) is 17.5. The van der Waals surface area contributed by atoms with Gasteiger partial charge in [0.05, 0.1) is 11.6 Å². The number of nitrogens with one attached hydrogen (secondary N) is 1. The topological polar surface area (TPSA) is 56.6 Å². The standard InChI is InChI=1S/C21H20N2O/c1-13-9-15(21(2,3)4)6-7-16(13)19-11-20(24)17-10-14(12-22)5-8-18(17)23-19/h5-11H,1-4H3,(H,23,24). The molecule has 0 saturated heterocycles. The van der Waals surface area contributed by atoms with E-state index >= 15 is 0 Å². The molecule has 0 atom stereocenters. The number of hydrogen-bond acceptors (Lipinski definition) is 2. The van der Waals surface area contributed by atoms with Crippen molar-refractivity contribution in [2.45, 2.75) is 33.1 Å². The number of hydrogen-bond donors (Lipinski definition) is 1. The van der Waals surface area contributed by atoms with E-state index in [9.17, 15) is 4.79 Å². The van der Waals surface area contributed by atoms with Gasteiger partial charge in [-0.1, -0.05) is 39.0 Å². The van der Waals surface area contributed by atoms with Crippen molar-refractivity contribution >= 4 is 10.9 Å². The van der Waals surface area contributed by atoms with Gasteiger partial charge in [0.1, 0.15) is 0 Å². The number of fused-ring (bicyclic) bond motifs is 1. The molecule has 0 aliphatic carbocycles. The van der Waals surface area contributed by atoms with Gasteiger partial charge in [0.25, 0.3) is 0 Å². The minimum atomic E-state index is -0.0739. The van der Waals surface area contributed by atoms with Crippen molar-refractivity contribution in [1.29, 1.82) is 5.26 Å². The minimum Gasteiger partial charge on any atom is -0.354 e. The zero-order valence-corrected chi connectivity index (χ0v) is 14.4. The van der Waals surface area contributed by atoms with Crippen molar-refractivity contribution in [3.8, 4) is 17.3 Å². The zero-order valence-electron chi connectivity index (χ0n) is 14.4. The van der Waals surface area contributed by atoms with Crippen LogP contribution in [0.2, 0.25) is 0 Å². The summed E-state index contributed by atoms with van der Waals surface area (Å²) in [4.78, 5) is 15.8. The second-order valence-corrected chi connectivity index (χ2v) is 7.20.